The van der Waals surface area contributed by atoms with E-state index in [9.17, 15) is 14.7 Å². The topological polar surface area (TPSA) is 125 Å². The number of methoxy groups -OCH3 is 2. The summed E-state index contributed by atoms with van der Waals surface area (Å²) < 4.78 is 18.6. The monoisotopic (exact) mass is 508 g/mol. The van der Waals surface area contributed by atoms with Gasteiger partial charge in [-0.05, 0) is 24.1 Å². The third-order valence-corrected chi connectivity index (χ3v) is 7.45. The van der Waals surface area contributed by atoms with Crippen molar-refractivity contribution in [2.24, 2.45) is 5.92 Å². The summed E-state index contributed by atoms with van der Waals surface area (Å²) in [5.41, 5.74) is -0.0789. The van der Waals surface area contributed by atoms with Crippen molar-refractivity contribution in [3.63, 3.8) is 0 Å². The summed E-state index contributed by atoms with van der Waals surface area (Å²) in [6.07, 6.45) is 1.72. The fraction of sp³-hybridized carbons (Fsp3) is 0.280. The fourth-order valence-electron chi connectivity index (χ4n) is 5.35. The van der Waals surface area contributed by atoms with Gasteiger partial charge in [0.25, 0.3) is 0 Å². The number of phenolic OH excluding ortho intramolecular Hbond substituents is 1. The minimum atomic E-state index is -1.85. The predicted molar refractivity (Wildman–Crippen MR) is 128 cm³/mol. The lowest BCUT2D eigenvalue weighted by Crippen LogP contribution is -2.58. The maximum Gasteiger partial charge on any atom is 0.236 e. The molecule has 0 bridgehead atoms. The summed E-state index contributed by atoms with van der Waals surface area (Å²) in [4.78, 5) is 32.8. The molecule has 0 radical (unpaired) electrons. The maximum absolute atomic E-state index is 14.5. The van der Waals surface area contributed by atoms with E-state index in [-0.39, 0.29) is 33.6 Å². The van der Waals surface area contributed by atoms with Crippen molar-refractivity contribution in [2.45, 2.75) is 25.0 Å². The highest BCUT2D eigenvalue weighted by molar-refractivity contribution is 6.36. The number of halogens is 1. The lowest BCUT2D eigenvalue weighted by molar-refractivity contribution is -0.130. The number of hydrogen-bond donors (Lipinski definition) is 2. The summed E-state index contributed by atoms with van der Waals surface area (Å²) in [7, 11) is 2.86. The van der Waals surface area contributed by atoms with Gasteiger partial charge in [0.2, 0.25) is 23.1 Å². The number of nitrogens with one attached hydrogen (secondary N) is 1. The van der Waals surface area contributed by atoms with Crippen LogP contribution in [0.5, 0.6) is 23.0 Å². The van der Waals surface area contributed by atoms with Gasteiger partial charge in [-0.3, -0.25) is 9.59 Å². The van der Waals surface area contributed by atoms with E-state index in [1.165, 1.54) is 38.7 Å². The summed E-state index contributed by atoms with van der Waals surface area (Å²) in [5.74, 6) is -0.463. The summed E-state index contributed by atoms with van der Waals surface area (Å²) in [6, 6.07) is 7.29. The van der Waals surface area contributed by atoms with Crippen LogP contribution in [0.4, 0.5) is 5.95 Å². The Bertz CT molecular complexity index is 1480. The van der Waals surface area contributed by atoms with E-state index in [1.807, 2.05) is 0 Å². The first-order chi connectivity index (χ1) is 17.3. The van der Waals surface area contributed by atoms with E-state index in [4.69, 9.17) is 25.8 Å². The molecule has 2 aromatic carbocycles. The quantitative estimate of drug-likeness (QED) is 0.511. The van der Waals surface area contributed by atoms with Crippen LogP contribution in [0.2, 0.25) is 5.02 Å². The Balaban J connectivity index is 1.54. The lowest BCUT2D eigenvalue weighted by Gasteiger charge is -2.41. The van der Waals surface area contributed by atoms with Gasteiger partial charge in [0, 0.05) is 23.3 Å². The number of ether oxygens (including phenoxy) is 3. The molecule has 184 valence electrons. The Morgan fingerprint density at radius 1 is 1.17 bits per heavy atom. The SMILES string of the molecule is COc1cc(OC)c2c(c1Cl)O[C@@]1(C(=O)C3=C(C[C@H]1C)Nc1ncnn1[C@@H]3c1ccc(O)cc1)C2=O. The molecular weight excluding hydrogens is 488 g/mol. The first kappa shape index (κ1) is 22.4. The number of hydrogen-bond acceptors (Lipinski definition) is 9. The summed E-state index contributed by atoms with van der Waals surface area (Å²) >= 11 is 6.54. The average Bonchev–Trinajstić information content (AvgIpc) is 3.46. The molecule has 0 unspecified atom stereocenters. The van der Waals surface area contributed by atoms with Gasteiger partial charge in [0.1, 0.15) is 40.2 Å². The minimum absolute atomic E-state index is 0.0634. The molecule has 3 heterocycles. The van der Waals surface area contributed by atoms with Crippen LogP contribution in [-0.2, 0) is 4.79 Å². The molecule has 0 amide bonds. The molecule has 3 aromatic rings. The number of ketones is 2. The highest BCUT2D eigenvalue weighted by Gasteiger charge is 2.63. The van der Waals surface area contributed by atoms with Crippen LogP contribution in [0.1, 0.15) is 35.3 Å². The number of benzene rings is 2. The Labute approximate surface area is 210 Å². The standard InChI is InChI=1S/C25H21ClN4O6/c1-11-8-14-17(20(12-4-6-13(31)7-5-12)30-24(29-14)27-10-28-30)22(32)25(11)23(33)18-15(34-2)9-16(35-3)19(26)21(18)36-25/h4-7,9-11,20,31H,8H2,1-3H3,(H,27,28,29)/t11-,20-,25+/m1/s1. The molecule has 0 saturated carbocycles. The third-order valence-electron chi connectivity index (χ3n) is 7.09. The van der Waals surface area contributed by atoms with Crippen molar-refractivity contribution in [1.82, 2.24) is 14.8 Å². The Morgan fingerprint density at radius 2 is 1.89 bits per heavy atom. The number of phenols is 1. The molecule has 0 saturated heterocycles. The van der Waals surface area contributed by atoms with Crippen LogP contribution in [0.15, 0.2) is 47.9 Å². The molecule has 11 heteroatoms. The smallest absolute Gasteiger partial charge is 0.236 e. The molecule has 10 nitrogen and oxygen atoms in total. The highest BCUT2D eigenvalue weighted by atomic mass is 35.5. The van der Waals surface area contributed by atoms with Crippen LogP contribution in [-0.4, -0.2) is 51.3 Å². The number of Topliss-reactive ketones (excluding diaryl/α,β-unsaturated/α-hetero) is 2. The highest BCUT2D eigenvalue weighted by Crippen LogP contribution is 2.55. The number of allylic oxidation sites excluding steroid dienone is 1. The second kappa shape index (κ2) is 7.72. The number of anilines is 1. The van der Waals surface area contributed by atoms with Gasteiger partial charge in [-0.2, -0.15) is 10.1 Å². The van der Waals surface area contributed by atoms with Crippen LogP contribution >= 0.6 is 11.6 Å². The van der Waals surface area contributed by atoms with Gasteiger partial charge in [0.05, 0.1) is 14.2 Å². The molecule has 1 spiro atoms. The van der Waals surface area contributed by atoms with E-state index in [0.29, 0.717) is 29.2 Å². The summed E-state index contributed by atoms with van der Waals surface area (Å²) in [5, 5.41) is 17.5. The van der Waals surface area contributed by atoms with Crippen molar-refractivity contribution in [3.05, 3.63) is 64.1 Å². The summed E-state index contributed by atoms with van der Waals surface area (Å²) in [6.45, 7) is 1.79. The van der Waals surface area contributed by atoms with Gasteiger partial charge in [-0.25, -0.2) is 4.68 Å². The Kier molecular flexibility index (Phi) is 4.81. The normalized spacial score (nSPS) is 24.1. The minimum Gasteiger partial charge on any atom is -0.508 e. The zero-order chi connectivity index (χ0) is 25.4. The third kappa shape index (κ3) is 2.78. The molecule has 0 fully saturated rings. The predicted octanol–water partition coefficient (Wildman–Crippen LogP) is 3.55. The van der Waals surface area contributed by atoms with Crippen LogP contribution in [0.25, 0.3) is 0 Å². The molecule has 2 N–H and O–H groups in total. The van der Waals surface area contributed by atoms with E-state index < -0.39 is 29.1 Å². The molecule has 3 atom stereocenters. The number of carbonyl (C=O) groups excluding carboxylic acids is 2. The van der Waals surface area contributed by atoms with Crippen molar-refractivity contribution in [2.75, 3.05) is 19.5 Å². The van der Waals surface area contributed by atoms with Crippen LogP contribution in [0, 0.1) is 5.92 Å². The van der Waals surface area contributed by atoms with E-state index >= 15 is 0 Å². The first-order valence-corrected chi connectivity index (χ1v) is 11.6. The Hall–Kier alpha value is -4.05. The number of fused-ring (bicyclic) bond motifs is 2. The van der Waals surface area contributed by atoms with Gasteiger partial charge >= 0.3 is 0 Å². The van der Waals surface area contributed by atoms with Crippen LogP contribution < -0.4 is 19.5 Å². The maximum atomic E-state index is 14.5. The van der Waals surface area contributed by atoms with Crippen molar-refractivity contribution < 1.29 is 28.9 Å². The molecule has 3 aliphatic rings. The molecule has 36 heavy (non-hydrogen) atoms. The van der Waals surface area contributed by atoms with E-state index in [2.05, 4.69) is 15.4 Å². The van der Waals surface area contributed by atoms with Crippen molar-refractivity contribution in [3.8, 4) is 23.0 Å². The number of rotatable bonds is 3. The Morgan fingerprint density at radius 3 is 2.58 bits per heavy atom. The van der Waals surface area contributed by atoms with Gasteiger partial charge in [-0.15, -0.1) is 0 Å². The largest absolute Gasteiger partial charge is 0.508 e. The molecular formula is C25H21ClN4O6. The second-order valence-corrected chi connectivity index (χ2v) is 9.32. The molecule has 1 aliphatic carbocycles. The van der Waals surface area contributed by atoms with E-state index in [1.54, 1.807) is 23.7 Å². The number of carbonyl (C=O) groups is 2. The van der Waals surface area contributed by atoms with Crippen molar-refractivity contribution in [1.29, 1.82) is 0 Å². The van der Waals surface area contributed by atoms with Gasteiger partial charge in [0.15, 0.2) is 5.75 Å². The van der Waals surface area contributed by atoms with E-state index in [0.717, 1.165) is 0 Å². The zero-order valence-electron chi connectivity index (χ0n) is 19.5. The van der Waals surface area contributed by atoms with Crippen molar-refractivity contribution >= 4 is 29.1 Å². The molecule has 1 aromatic heterocycles. The molecule has 2 aliphatic heterocycles. The molecule has 6 rings (SSSR count). The zero-order valence-corrected chi connectivity index (χ0v) is 20.3. The van der Waals surface area contributed by atoms with Gasteiger partial charge < -0.3 is 24.6 Å². The number of aromatic nitrogens is 3. The van der Waals surface area contributed by atoms with Crippen LogP contribution in [0.3, 0.4) is 0 Å². The second-order valence-electron chi connectivity index (χ2n) is 8.94. The number of nitrogens with zero attached hydrogens (tertiary/aromatic N) is 3. The lowest BCUT2D eigenvalue weighted by atomic mass is 9.69. The first-order valence-electron chi connectivity index (χ1n) is 11.2. The average molecular weight is 509 g/mol. The fourth-order valence-corrected chi connectivity index (χ4v) is 5.62. The van der Waals surface area contributed by atoms with Gasteiger partial charge in [-0.1, -0.05) is 30.7 Å². The number of aromatic hydroxyl groups is 1.